The first kappa shape index (κ1) is 19.7. The molecule has 0 fully saturated rings. The fourth-order valence-electron chi connectivity index (χ4n) is 2.69. The topological polar surface area (TPSA) is 134 Å². The predicted molar refractivity (Wildman–Crippen MR) is 105 cm³/mol. The Morgan fingerprint density at radius 2 is 2.03 bits per heavy atom. The van der Waals surface area contributed by atoms with E-state index in [0.29, 0.717) is 25.2 Å². The fraction of sp³-hybridized carbons (Fsp3) is 0.176. The van der Waals surface area contributed by atoms with Crippen LogP contribution in [0, 0.1) is 5.82 Å². The summed E-state index contributed by atoms with van der Waals surface area (Å²) in [5.74, 6) is -1.01. The zero-order valence-corrected chi connectivity index (χ0v) is 16.7. The molecule has 3 aromatic heterocycles. The molecule has 1 aromatic carbocycles. The lowest BCUT2D eigenvalue weighted by molar-refractivity contribution is 0.309. The molecule has 1 N–H and O–H groups in total. The standard InChI is InChI=1S/C17H13BrFN7O4/c18-11-9-10(4-5-12(11)19)26-16(24-29-17(26)28)14-15(23-30-22-14)20-6-2-8-25-13(27)3-1-7-21-25/h1,3-5,7,9H,2,6,8H2,(H,20,23). The minimum atomic E-state index is -0.785. The average molecular weight is 478 g/mol. The van der Waals surface area contributed by atoms with Gasteiger partial charge in [0.1, 0.15) is 5.82 Å². The Bertz CT molecular complexity index is 1300. The second-order valence-corrected chi connectivity index (χ2v) is 6.89. The largest absolute Gasteiger partial charge is 0.446 e. The van der Waals surface area contributed by atoms with E-state index in [-0.39, 0.29) is 27.4 Å². The number of nitrogens with zero attached hydrogens (tertiary/aromatic N) is 6. The Morgan fingerprint density at radius 1 is 1.17 bits per heavy atom. The van der Waals surface area contributed by atoms with Gasteiger partial charge in [0, 0.05) is 25.4 Å². The first-order chi connectivity index (χ1) is 14.5. The number of hydrogen-bond donors (Lipinski definition) is 1. The van der Waals surface area contributed by atoms with Gasteiger partial charge in [-0.15, -0.1) is 0 Å². The fourth-order valence-corrected chi connectivity index (χ4v) is 3.06. The highest BCUT2D eigenvalue weighted by Gasteiger charge is 2.23. The van der Waals surface area contributed by atoms with Crippen molar-refractivity contribution in [2.24, 2.45) is 0 Å². The van der Waals surface area contributed by atoms with Gasteiger partial charge in [0.05, 0.1) is 10.2 Å². The van der Waals surface area contributed by atoms with Crippen LogP contribution < -0.4 is 16.6 Å². The van der Waals surface area contributed by atoms with Crippen molar-refractivity contribution in [3.63, 3.8) is 0 Å². The van der Waals surface area contributed by atoms with Crippen molar-refractivity contribution in [1.82, 2.24) is 29.8 Å². The molecule has 0 atom stereocenters. The molecule has 0 radical (unpaired) electrons. The van der Waals surface area contributed by atoms with Crippen LogP contribution in [0.1, 0.15) is 6.42 Å². The zero-order valence-electron chi connectivity index (χ0n) is 15.2. The summed E-state index contributed by atoms with van der Waals surface area (Å²) < 4.78 is 25.7. The van der Waals surface area contributed by atoms with Crippen molar-refractivity contribution < 1.29 is 13.5 Å². The number of anilines is 1. The monoisotopic (exact) mass is 477 g/mol. The molecule has 4 rings (SSSR count). The summed E-state index contributed by atoms with van der Waals surface area (Å²) in [6, 6.07) is 7.00. The van der Waals surface area contributed by atoms with E-state index in [9.17, 15) is 14.0 Å². The zero-order chi connectivity index (χ0) is 21.1. The number of nitrogens with one attached hydrogen (secondary N) is 1. The molecule has 11 nitrogen and oxygen atoms in total. The quantitative estimate of drug-likeness (QED) is 0.395. The van der Waals surface area contributed by atoms with Crippen LogP contribution in [0.4, 0.5) is 10.2 Å². The lowest BCUT2D eigenvalue weighted by Crippen LogP contribution is -2.22. The first-order valence-electron chi connectivity index (χ1n) is 8.67. The molecule has 0 saturated heterocycles. The van der Waals surface area contributed by atoms with E-state index in [1.807, 2.05) is 0 Å². The van der Waals surface area contributed by atoms with E-state index in [1.165, 1.54) is 35.1 Å². The van der Waals surface area contributed by atoms with E-state index in [4.69, 9.17) is 9.15 Å². The summed E-state index contributed by atoms with van der Waals surface area (Å²) in [6.07, 6.45) is 2.09. The third-order valence-corrected chi connectivity index (χ3v) is 4.70. The van der Waals surface area contributed by atoms with E-state index in [1.54, 1.807) is 6.07 Å². The molecule has 0 spiro atoms. The number of halogens is 2. The van der Waals surface area contributed by atoms with Gasteiger partial charge in [0.2, 0.25) is 11.6 Å². The van der Waals surface area contributed by atoms with Crippen LogP contribution in [-0.2, 0) is 6.54 Å². The number of rotatable bonds is 7. The van der Waals surface area contributed by atoms with Crippen molar-refractivity contribution in [3.05, 3.63) is 67.7 Å². The lowest BCUT2D eigenvalue weighted by atomic mass is 10.3. The normalized spacial score (nSPS) is 11.0. The maximum absolute atomic E-state index is 13.6. The highest BCUT2D eigenvalue weighted by molar-refractivity contribution is 9.10. The Labute approximate surface area is 175 Å². The van der Waals surface area contributed by atoms with Gasteiger partial charge < -0.3 is 5.32 Å². The van der Waals surface area contributed by atoms with Gasteiger partial charge in [-0.1, -0.05) is 5.16 Å². The van der Waals surface area contributed by atoms with Gasteiger partial charge in [0.25, 0.3) is 5.56 Å². The SMILES string of the molecule is O=c1cccnn1CCCNc1nonc1-c1noc(=O)n1-c1ccc(F)c(Br)c1. The van der Waals surface area contributed by atoms with E-state index >= 15 is 0 Å². The van der Waals surface area contributed by atoms with Crippen molar-refractivity contribution in [1.29, 1.82) is 0 Å². The average Bonchev–Trinajstić information content (AvgIpc) is 3.35. The number of hydrogen-bond acceptors (Lipinski definition) is 9. The third kappa shape index (κ3) is 3.91. The Kier molecular flexibility index (Phi) is 5.52. The third-order valence-electron chi connectivity index (χ3n) is 4.09. The number of aromatic nitrogens is 6. The molecular weight excluding hydrogens is 465 g/mol. The van der Waals surface area contributed by atoms with Gasteiger partial charge >= 0.3 is 5.76 Å². The summed E-state index contributed by atoms with van der Waals surface area (Å²) in [4.78, 5) is 23.8. The maximum Gasteiger partial charge on any atom is 0.446 e. The maximum atomic E-state index is 13.6. The molecular formula is C17H13BrFN7O4. The van der Waals surface area contributed by atoms with Crippen LogP contribution in [-0.4, -0.2) is 36.4 Å². The van der Waals surface area contributed by atoms with Gasteiger partial charge in [0.15, 0.2) is 5.69 Å². The summed E-state index contributed by atoms with van der Waals surface area (Å²) in [5.41, 5.74) is 0.252. The molecule has 0 aliphatic heterocycles. The Morgan fingerprint density at radius 3 is 2.83 bits per heavy atom. The van der Waals surface area contributed by atoms with Crippen LogP contribution in [0.15, 0.2) is 59.7 Å². The van der Waals surface area contributed by atoms with E-state index in [0.717, 1.165) is 4.57 Å². The molecule has 0 unspecified atom stereocenters. The van der Waals surface area contributed by atoms with E-state index < -0.39 is 11.6 Å². The lowest BCUT2D eigenvalue weighted by Gasteiger charge is -2.06. The highest BCUT2D eigenvalue weighted by atomic mass is 79.9. The molecule has 4 aromatic rings. The molecule has 0 aliphatic carbocycles. The van der Waals surface area contributed by atoms with Crippen molar-refractivity contribution in [3.8, 4) is 17.2 Å². The van der Waals surface area contributed by atoms with Crippen molar-refractivity contribution in [2.45, 2.75) is 13.0 Å². The van der Waals surface area contributed by atoms with Crippen LogP contribution in [0.3, 0.4) is 0 Å². The summed E-state index contributed by atoms with van der Waals surface area (Å²) >= 11 is 3.08. The minimum absolute atomic E-state index is 0.0307. The molecule has 13 heteroatoms. The van der Waals surface area contributed by atoms with Gasteiger partial charge in [-0.3, -0.25) is 9.32 Å². The second kappa shape index (κ2) is 8.41. The van der Waals surface area contributed by atoms with Crippen LogP contribution in [0.2, 0.25) is 0 Å². The smallest absolute Gasteiger partial charge is 0.365 e. The summed E-state index contributed by atoms with van der Waals surface area (Å²) in [5, 5.41) is 18.3. The van der Waals surface area contributed by atoms with Crippen LogP contribution in [0.25, 0.3) is 17.2 Å². The molecule has 0 saturated carbocycles. The van der Waals surface area contributed by atoms with Gasteiger partial charge in [-0.05, 0) is 56.9 Å². The number of benzene rings is 1. The Balaban J connectivity index is 1.54. The molecule has 0 amide bonds. The van der Waals surface area contributed by atoms with Gasteiger partial charge in [-0.2, -0.15) is 5.10 Å². The van der Waals surface area contributed by atoms with Crippen LogP contribution in [0.5, 0.6) is 0 Å². The molecule has 30 heavy (non-hydrogen) atoms. The highest BCUT2D eigenvalue weighted by Crippen LogP contribution is 2.26. The van der Waals surface area contributed by atoms with Crippen molar-refractivity contribution >= 4 is 21.7 Å². The van der Waals surface area contributed by atoms with E-state index in [2.05, 4.69) is 41.8 Å². The molecule has 154 valence electrons. The van der Waals surface area contributed by atoms with Gasteiger partial charge in [-0.25, -0.2) is 23.1 Å². The second-order valence-electron chi connectivity index (χ2n) is 6.03. The molecule has 0 aliphatic rings. The predicted octanol–water partition coefficient (Wildman–Crippen LogP) is 1.84. The van der Waals surface area contributed by atoms with Crippen LogP contribution >= 0.6 is 15.9 Å². The van der Waals surface area contributed by atoms with Crippen molar-refractivity contribution in [2.75, 3.05) is 11.9 Å². The summed E-state index contributed by atoms with van der Waals surface area (Å²) in [6.45, 7) is 0.806. The minimum Gasteiger partial charge on any atom is -0.365 e. The number of aryl methyl sites for hydroxylation is 1. The first-order valence-corrected chi connectivity index (χ1v) is 9.47. The summed E-state index contributed by atoms with van der Waals surface area (Å²) in [7, 11) is 0. The molecule has 0 bridgehead atoms. The molecule has 3 heterocycles. The Hall–Kier alpha value is -3.61.